The van der Waals surface area contributed by atoms with Crippen LogP contribution < -0.4 is 15.2 Å². The van der Waals surface area contributed by atoms with E-state index in [9.17, 15) is 5.11 Å². The van der Waals surface area contributed by atoms with Crippen LogP contribution in [0.15, 0.2) is 42.7 Å². The molecule has 2 heterocycles. The molecule has 0 saturated heterocycles. The first-order chi connectivity index (χ1) is 9.74. The van der Waals surface area contributed by atoms with E-state index >= 15 is 0 Å². The van der Waals surface area contributed by atoms with Crippen LogP contribution in [-0.2, 0) is 6.42 Å². The highest BCUT2D eigenvalue weighted by Gasteiger charge is 2.27. The maximum absolute atomic E-state index is 10.3. The van der Waals surface area contributed by atoms with Gasteiger partial charge in [-0.2, -0.15) is 0 Å². The fourth-order valence-electron chi connectivity index (χ4n) is 2.19. The number of aromatic nitrogens is 1. The number of nitrogen functional groups attached to an aromatic ring is 1. The molecular weight excluding hydrogens is 256 g/mol. The fraction of sp³-hybridized carbons (Fsp3) is 0.267. The number of anilines is 1. The van der Waals surface area contributed by atoms with Crippen molar-refractivity contribution in [2.75, 3.05) is 12.3 Å². The molecule has 3 N–H and O–H groups in total. The first-order valence-electron chi connectivity index (χ1n) is 6.49. The zero-order valence-corrected chi connectivity index (χ0v) is 10.9. The topological polar surface area (TPSA) is 77.6 Å². The highest BCUT2D eigenvalue weighted by molar-refractivity contribution is 5.45. The Morgan fingerprint density at radius 2 is 2.10 bits per heavy atom. The van der Waals surface area contributed by atoms with Crippen LogP contribution in [0, 0.1) is 0 Å². The van der Waals surface area contributed by atoms with E-state index in [0.29, 0.717) is 30.2 Å². The largest absolute Gasteiger partial charge is 0.486 e. The number of hydrogen-bond acceptors (Lipinski definition) is 5. The van der Waals surface area contributed by atoms with Gasteiger partial charge in [0.1, 0.15) is 6.61 Å². The lowest BCUT2D eigenvalue weighted by Gasteiger charge is -2.29. The summed E-state index contributed by atoms with van der Waals surface area (Å²) in [6, 6.07) is 9.14. The summed E-state index contributed by atoms with van der Waals surface area (Å²) in [6.45, 7) is 0.318. The number of para-hydroxylation sites is 2. The Labute approximate surface area is 117 Å². The summed E-state index contributed by atoms with van der Waals surface area (Å²) in [6.07, 6.45) is 2.56. The number of ether oxygens (including phenoxy) is 2. The Balaban J connectivity index is 1.70. The summed E-state index contributed by atoms with van der Waals surface area (Å²) in [4.78, 5) is 4.02. The minimum absolute atomic E-state index is 0.318. The van der Waals surface area contributed by atoms with Gasteiger partial charge in [-0.25, -0.2) is 0 Å². The third kappa shape index (κ3) is 2.53. The molecule has 20 heavy (non-hydrogen) atoms. The van der Waals surface area contributed by atoms with E-state index in [1.165, 1.54) is 0 Å². The molecule has 2 unspecified atom stereocenters. The second kappa shape index (κ2) is 5.38. The molecule has 5 heteroatoms. The van der Waals surface area contributed by atoms with E-state index in [4.69, 9.17) is 15.2 Å². The Hall–Kier alpha value is -2.27. The molecule has 104 valence electrons. The molecule has 1 aromatic heterocycles. The summed E-state index contributed by atoms with van der Waals surface area (Å²) in [5.74, 6) is 1.36. The van der Waals surface area contributed by atoms with E-state index in [1.54, 1.807) is 18.5 Å². The monoisotopic (exact) mass is 272 g/mol. The smallest absolute Gasteiger partial charge is 0.161 e. The van der Waals surface area contributed by atoms with Crippen molar-refractivity contribution < 1.29 is 14.6 Å². The average molecular weight is 272 g/mol. The van der Waals surface area contributed by atoms with Gasteiger partial charge in [0.2, 0.25) is 0 Å². The molecule has 0 saturated carbocycles. The van der Waals surface area contributed by atoms with Gasteiger partial charge in [-0.3, -0.25) is 4.98 Å². The van der Waals surface area contributed by atoms with Gasteiger partial charge in [0, 0.05) is 24.5 Å². The molecule has 0 radical (unpaired) electrons. The van der Waals surface area contributed by atoms with Crippen molar-refractivity contribution in [3.05, 3.63) is 48.3 Å². The Kier molecular flexibility index (Phi) is 3.43. The van der Waals surface area contributed by atoms with Crippen LogP contribution >= 0.6 is 0 Å². The normalized spacial score (nSPS) is 18.6. The zero-order valence-electron chi connectivity index (χ0n) is 10.9. The predicted molar refractivity (Wildman–Crippen MR) is 74.7 cm³/mol. The minimum Gasteiger partial charge on any atom is -0.486 e. The van der Waals surface area contributed by atoms with Crippen molar-refractivity contribution in [2.45, 2.75) is 18.6 Å². The molecule has 2 atom stereocenters. The SMILES string of the molecule is Nc1ccncc1CC(O)C1COc2ccccc2O1. The number of nitrogens with two attached hydrogens (primary N) is 1. The van der Waals surface area contributed by atoms with Crippen LogP contribution in [0.4, 0.5) is 5.69 Å². The molecule has 0 spiro atoms. The van der Waals surface area contributed by atoms with Crippen LogP contribution in [0.25, 0.3) is 0 Å². The zero-order chi connectivity index (χ0) is 13.9. The molecule has 0 fully saturated rings. The summed E-state index contributed by atoms with van der Waals surface area (Å²) in [7, 11) is 0. The lowest BCUT2D eigenvalue weighted by atomic mass is 10.0. The minimum atomic E-state index is -0.699. The second-order valence-corrected chi connectivity index (χ2v) is 4.76. The van der Waals surface area contributed by atoms with Crippen LogP contribution in [0.2, 0.25) is 0 Å². The number of benzene rings is 1. The Bertz CT molecular complexity index is 603. The van der Waals surface area contributed by atoms with Crippen molar-refractivity contribution in [1.29, 1.82) is 0 Å². The van der Waals surface area contributed by atoms with Crippen LogP contribution in [-0.4, -0.2) is 28.9 Å². The molecule has 1 aromatic carbocycles. The van der Waals surface area contributed by atoms with E-state index in [0.717, 1.165) is 5.56 Å². The molecule has 1 aliphatic rings. The number of fused-ring (bicyclic) bond motifs is 1. The van der Waals surface area contributed by atoms with Gasteiger partial charge < -0.3 is 20.3 Å². The number of hydrogen-bond donors (Lipinski definition) is 2. The maximum Gasteiger partial charge on any atom is 0.161 e. The number of pyridine rings is 1. The second-order valence-electron chi connectivity index (χ2n) is 4.76. The molecule has 2 aromatic rings. The number of rotatable bonds is 3. The van der Waals surface area contributed by atoms with E-state index < -0.39 is 12.2 Å². The van der Waals surface area contributed by atoms with E-state index in [-0.39, 0.29) is 0 Å². The van der Waals surface area contributed by atoms with Crippen molar-refractivity contribution in [3.8, 4) is 11.5 Å². The Morgan fingerprint density at radius 1 is 1.30 bits per heavy atom. The third-order valence-corrected chi connectivity index (χ3v) is 3.33. The van der Waals surface area contributed by atoms with Crippen molar-refractivity contribution in [1.82, 2.24) is 4.98 Å². The number of nitrogens with zero attached hydrogens (tertiary/aromatic N) is 1. The van der Waals surface area contributed by atoms with Gasteiger partial charge in [0.15, 0.2) is 17.6 Å². The van der Waals surface area contributed by atoms with E-state index in [2.05, 4.69) is 4.98 Å². The molecule has 0 aliphatic carbocycles. The summed E-state index contributed by atoms with van der Waals surface area (Å²) in [5.41, 5.74) is 7.28. The highest BCUT2D eigenvalue weighted by atomic mass is 16.6. The van der Waals surface area contributed by atoms with Crippen LogP contribution in [0.5, 0.6) is 11.5 Å². The third-order valence-electron chi connectivity index (χ3n) is 3.33. The molecule has 5 nitrogen and oxygen atoms in total. The fourth-order valence-corrected chi connectivity index (χ4v) is 2.19. The lowest BCUT2D eigenvalue weighted by Crippen LogP contribution is -2.40. The first-order valence-corrected chi connectivity index (χ1v) is 6.49. The van der Waals surface area contributed by atoms with Crippen molar-refractivity contribution in [3.63, 3.8) is 0 Å². The molecule has 1 aliphatic heterocycles. The summed E-state index contributed by atoms with van der Waals surface area (Å²) in [5, 5.41) is 10.3. The predicted octanol–water partition coefficient (Wildman–Crippen LogP) is 1.41. The van der Waals surface area contributed by atoms with Crippen molar-refractivity contribution in [2.24, 2.45) is 0 Å². The van der Waals surface area contributed by atoms with Crippen molar-refractivity contribution >= 4 is 5.69 Å². The van der Waals surface area contributed by atoms with Gasteiger partial charge in [-0.1, -0.05) is 12.1 Å². The van der Waals surface area contributed by atoms with Crippen LogP contribution in [0.1, 0.15) is 5.56 Å². The van der Waals surface area contributed by atoms with E-state index in [1.807, 2.05) is 24.3 Å². The van der Waals surface area contributed by atoms with Gasteiger partial charge in [0.05, 0.1) is 6.10 Å². The standard InChI is InChI=1S/C15H16N2O3/c16-11-5-6-17-8-10(11)7-12(18)15-9-19-13-3-1-2-4-14(13)20-15/h1-6,8,12,15,18H,7,9H2,(H2,16,17). The van der Waals surface area contributed by atoms with Crippen LogP contribution in [0.3, 0.4) is 0 Å². The number of aliphatic hydroxyl groups excluding tert-OH is 1. The quantitative estimate of drug-likeness (QED) is 0.883. The van der Waals surface area contributed by atoms with Gasteiger partial charge in [-0.15, -0.1) is 0 Å². The van der Waals surface area contributed by atoms with Gasteiger partial charge in [-0.05, 0) is 23.8 Å². The molecular formula is C15H16N2O3. The Morgan fingerprint density at radius 3 is 2.90 bits per heavy atom. The van der Waals surface area contributed by atoms with Gasteiger partial charge >= 0.3 is 0 Å². The summed E-state index contributed by atoms with van der Waals surface area (Å²) >= 11 is 0. The highest BCUT2D eigenvalue weighted by Crippen LogP contribution is 2.32. The molecule has 3 rings (SSSR count). The first kappa shape index (κ1) is 12.7. The average Bonchev–Trinajstić information content (AvgIpc) is 2.49. The molecule has 0 bridgehead atoms. The lowest BCUT2D eigenvalue weighted by molar-refractivity contribution is -0.00937. The summed E-state index contributed by atoms with van der Waals surface area (Å²) < 4.78 is 11.4. The number of aliphatic hydroxyl groups is 1. The molecule has 0 amide bonds. The maximum atomic E-state index is 10.3. The van der Waals surface area contributed by atoms with Gasteiger partial charge in [0.25, 0.3) is 0 Å².